The van der Waals surface area contributed by atoms with Crippen LogP contribution >= 0.6 is 0 Å². The van der Waals surface area contributed by atoms with Crippen molar-refractivity contribution in [3.05, 3.63) is 29.7 Å². The molecule has 1 aromatic heterocycles. The number of aromatic nitrogens is 1. The molecule has 1 atom stereocenters. The number of oxazole rings is 1. The Labute approximate surface area is 108 Å². The summed E-state index contributed by atoms with van der Waals surface area (Å²) in [5.41, 5.74) is 3.25. The van der Waals surface area contributed by atoms with Crippen LogP contribution in [0.1, 0.15) is 44.1 Å². The van der Waals surface area contributed by atoms with Gasteiger partial charge in [0.05, 0.1) is 0 Å². The summed E-state index contributed by atoms with van der Waals surface area (Å²) < 4.78 is 5.73. The molecule has 0 radical (unpaired) electrons. The predicted molar refractivity (Wildman–Crippen MR) is 72.8 cm³/mol. The van der Waals surface area contributed by atoms with Crippen LogP contribution in [-0.4, -0.2) is 17.6 Å². The fraction of sp³-hybridized carbons (Fsp3) is 0.533. The van der Waals surface area contributed by atoms with E-state index in [0.29, 0.717) is 12.0 Å². The molecule has 18 heavy (non-hydrogen) atoms. The smallest absolute Gasteiger partial charge is 0.198 e. The van der Waals surface area contributed by atoms with Gasteiger partial charge in [0.1, 0.15) is 5.52 Å². The quantitative estimate of drug-likeness (QED) is 0.900. The van der Waals surface area contributed by atoms with Gasteiger partial charge >= 0.3 is 0 Å². The van der Waals surface area contributed by atoms with Gasteiger partial charge in [-0.2, -0.15) is 0 Å². The summed E-state index contributed by atoms with van der Waals surface area (Å²) in [5.74, 6) is 1.18. The highest BCUT2D eigenvalue weighted by Crippen LogP contribution is 2.23. The van der Waals surface area contributed by atoms with Crippen LogP contribution in [0.15, 0.2) is 22.6 Å². The maximum absolute atomic E-state index is 5.73. The number of hydrogen-bond donors (Lipinski definition) is 1. The maximum Gasteiger partial charge on any atom is 0.198 e. The molecule has 1 aliphatic rings. The summed E-state index contributed by atoms with van der Waals surface area (Å²) in [6.45, 7) is 5.37. The minimum absolute atomic E-state index is 0.345. The first kappa shape index (κ1) is 11.7. The highest BCUT2D eigenvalue weighted by Gasteiger charge is 2.15. The Kier molecular flexibility index (Phi) is 3.08. The summed E-state index contributed by atoms with van der Waals surface area (Å²) in [6, 6.07) is 7.03. The van der Waals surface area contributed by atoms with Crippen molar-refractivity contribution in [2.45, 2.75) is 45.1 Å². The second kappa shape index (κ2) is 4.73. The van der Waals surface area contributed by atoms with E-state index >= 15 is 0 Å². The van der Waals surface area contributed by atoms with Crippen LogP contribution in [0.25, 0.3) is 11.1 Å². The van der Waals surface area contributed by atoms with Crippen molar-refractivity contribution in [3.8, 4) is 0 Å². The third-order valence-electron chi connectivity index (χ3n) is 3.61. The van der Waals surface area contributed by atoms with E-state index < -0.39 is 0 Å². The SMILES string of the molecule is CC(C)c1nc2cc(CC3CCCN3)ccc2o1. The molecule has 1 fully saturated rings. The highest BCUT2D eigenvalue weighted by atomic mass is 16.3. The summed E-state index contributed by atoms with van der Waals surface area (Å²) in [6.07, 6.45) is 3.68. The standard InChI is InChI=1S/C15H20N2O/c1-10(2)15-17-13-9-11(5-6-14(13)18-15)8-12-4-3-7-16-12/h5-6,9-10,12,16H,3-4,7-8H2,1-2H3. The third kappa shape index (κ3) is 2.27. The Bertz CT molecular complexity index is 538. The minimum atomic E-state index is 0.345. The molecule has 2 heterocycles. The topological polar surface area (TPSA) is 38.1 Å². The van der Waals surface area contributed by atoms with Gasteiger partial charge < -0.3 is 9.73 Å². The zero-order chi connectivity index (χ0) is 12.5. The summed E-state index contributed by atoms with van der Waals surface area (Å²) in [4.78, 5) is 4.56. The first-order chi connectivity index (χ1) is 8.72. The van der Waals surface area contributed by atoms with E-state index in [0.717, 1.165) is 30.0 Å². The summed E-state index contributed by atoms with van der Waals surface area (Å²) in [5, 5.41) is 3.53. The lowest BCUT2D eigenvalue weighted by Crippen LogP contribution is -2.23. The number of rotatable bonds is 3. The Morgan fingerprint density at radius 1 is 1.44 bits per heavy atom. The van der Waals surface area contributed by atoms with Gasteiger partial charge in [-0.3, -0.25) is 0 Å². The number of nitrogens with one attached hydrogen (secondary N) is 1. The van der Waals surface area contributed by atoms with Crippen LogP contribution in [0.3, 0.4) is 0 Å². The molecule has 0 aliphatic carbocycles. The lowest BCUT2D eigenvalue weighted by Gasteiger charge is -2.09. The molecule has 1 N–H and O–H groups in total. The average Bonchev–Trinajstić information content (AvgIpc) is 2.96. The summed E-state index contributed by atoms with van der Waals surface area (Å²) in [7, 11) is 0. The van der Waals surface area contributed by atoms with Crippen molar-refractivity contribution in [3.63, 3.8) is 0 Å². The molecule has 3 rings (SSSR count). The van der Waals surface area contributed by atoms with Crippen LogP contribution in [0.2, 0.25) is 0 Å². The molecule has 3 nitrogen and oxygen atoms in total. The lowest BCUT2D eigenvalue weighted by molar-refractivity contribution is 0.501. The van der Waals surface area contributed by atoms with Crippen LogP contribution in [-0.2, 0) is 6.42 Å². The fourth-order valence-corrected chi connectivity index (χ4v) is 2.58. The van der Waals surface area contributed by atoms with Crippen molar-refractivity contribution in [2.24, 2.45) is 0 Å². The van der Waals surface area contributed by atoms with E-state index in [1.807, 2.05) is 0 Å². The third-order valence-corrected chi connectivity index (χ3v) is 3.61. The van der Waals surface area contributed by atoms with Gasteiger partial charge in [-0.05, 0) is 43.5 Å². The van der Waals surface area contributed by atoms with E-state index in [1.165, 1.54) is 18.4 Å². The van der Waals surface area contributed by atoms with Crippen LogP contribution in [0, 0.1) is 0 Å². The Hall–Kier alpha value is -1.35. The van der Waals surface area contributed by atoms with Gasteiger partial charge in [0.2, 0.25) is 0 Å². The van der Waals surface area contributed by atoms with Crippen molar-refractivity contribution < 1.29 is 4.42 Å². The van der Waals surface area contributed by atoms with Gasteiger partial charge in [0, 0.05) is 12.0 Å². The molecule has 0 saturated carbocycles. The normalized spacial score (nSPS) is 20.1. The molecular formula is C15H20N2O. The fourth-order valence-electron chi connectivity index (χ4n) is 2.58. The molecule has 3 heteroatoms. The summed E-state index contributed by atoms with van der Waals surface area (Å²) >= 11 is 0. The predicted octanol–water partition coefficient (Wildman–Crippen LogP) is 3.25. The maximum atomic E-state index is 5.73. The molecule has 1 saturated heterocycles. The van der Waals surface area contributed by atoms with Gasteiger partial charge in [0.15, 0.2) is 11.5 Å². The van der Waals surface area contributed by atoms with Gasteiger partial charge in [0.25, 0.3) is 0 Å². The first-order valence-corrected chi connectivity index (χ1v) is 6.85. The second-order valence-electron chi connectivity index (χ2n) is 5.51. The van der Waals surface area contributed by atoms with E-state index in [2.05, 4.69) is 42.3 Å². The van der Waals surface area contributed by atoms with E-state index in [4.69, 9.17) is 4.42 Å². The molecule has 0 amide bonds. The second-order valence-corrected chi connectivity index (χ2v) is 5.51. The number of fused-ring (bicyclic) bond motifs is 1. The van der Waals surface area contributed by atoms with Gasteiger partial charge in [-0.1, -0.05) is 19.9 Å². The number of hydrogen-bond acceptors (Lipinski definition) is 3. The van der Waals surface area contributed by atoms with E-state index in [1.54, 1.807) is 0 Å². The Morgan fingerprint density at radius 3 is 3.06 bits per heavy atom. The lowest BCUT2D eigenvalue weighted by atomic mass is 10.0. The molecule has 1 unspecified atom stereocenters. The molecular weight excluding hydrogens is 224 g/mol. The number of nitrogens with zero attached hydrogens (tertiary/aromatic N) is 1. The zero-order valence-electron chi connectivity index (χ0n) is 11.1. The van der Waals surface area contributed by atoms with Crippen LogP contribution < -0.4 is 5.32 Å². The Balaban J connectivity index is 1.85. The minimum Gasteiger partial charge on any atom is -0.440 e. The molecule has 2 aromatic rings. The Morgan fingerprint density at radius 2 is 2.33 bits per heavy atom. The molecule has 0 bridgehead atoms. The molecule has 1 aliphatic heterocycles. The van der Waals surface area contributed by atoms with Crippen molar-refractivity contribution >= 4 is 11.1 Å². The van der Waals surface area contributed by atoms with Crippen molar-refractivity contribution in [1.29, 1.82) is 0 Å². The van der Waals surface area contributed by atoms with Crippen LogP contribution in [0.5, 0.6) is 0 Å². The van der Waals surface area contributed by atoms with E-state index in [9.17, 15) is 0 Å². The molecule has 1 aromatic carbocycles. The average molecular weight is 244 g/mol. The molecule has 0 spiro atoms. The number of benzene rings is 1. The largest absolute Gasteiger partial charge is 0.440 e. The monoisotopic (exact) mass is 244 g/mol. The van der Waals surface area contributed by atoms with Crippen molar-refractivity contribution in [1.82, 2.24) is 10.3 Å². The highest BCUT2D eigenvalue weighted by molar-refractivity contribution is 5.73. The van der Waals surface area contributed by atoms with Gasteiger partial charge in [-0.15, -0.1) is 0 Å². The van der Waals surface area contributed by atoms with Gasteiger partial charge in [-0.25, -0.2) is 4.98 Å². The zero-order valence-corrected chi connectivity index (χ0v) is 11.1. The van der Waals surface area contributed by atoms with E-state index in [-0.39, 0.29) is 0 Å². The van der Waals surface area contributed by atoms with Crippen LogP contribution in [0.4, 0.5) is 0 Å². The first-order valence-electron chi connectivity index (χ1n) is 6.85. The van der Waals surface area contributed by atoms with Crippen molar-refractivity contribution in [2.75, 3.05) is 6.54 Å². The molecule has 96 valence electrons.